The van der Waals surface area contributed by atoms with Gasteiger partial charge in [0.15, 0.2) is 0 Å². The van der Waals surface area contributed by atoms with Crippen LogP contribution >= 0.6 is 0 Å². The lowest BCUT2D eigenvalue weighted by Gasteiger charge is -2.05. The first-order valence-corrected chi connectivity index (χ1v) is 6.17. The van der Waals surface area contributed by atoms with Crippen LogP contribution in [0.4, 0.5) is 5.69 Å². The van der Waals surface area contributed by atoms with Gasteiger partial charge in [-0.15, -0.1) is 0 Å². The molecule has 1 rings (SSSR count). The summed E-state index contributed by atoms with van der Waals surface area (Å²) in [7, 11) is 0. The molecule has 2 N–H and O–H groups in total. The fraction of sp³-hybridized carbons (Fsp3) is 0.429. The zero-order chi connectivity index (χ0) is 13.5. The van der Waals surface area contributed by atoms with E-state index in [2.05, 4.69) is 11.9 Å². The van der Waals surface area contributed by atoms with Crippen molar-refractivity contribution in [3.8, 4) is 0 Å². The highest BCUT2D eigenvalue weighted by Crippen LogP contribution is 2.20. The minimum atomic E-state index is -0.503. The zero-order valence-corrected chi connectivity index (χ0v) is 11.2. The summed E-state index contributed by atoms with van der Waals surface area (Å²) in [6.07, 6.45) is 3.29. The van der Waals surface area contributed by atoms with Crippen LogP contribution in [0.5, 0.6) is 0 Å². The van der Waals surface area contributed by atoms with E-state index in [-0.39, 0.29) is 0 Å². The SMILES string of the molecule is CCCCC(C)=Nc1ccc(C(=O)NO)cc1C. The normalized spacial score (nSPS) is 11.4. The van der Waals surface area contributed by atoms with Crippen LogP contribution < -0.4 is 5.48 Å². The summed E-state index contributed by atoms with van der Waals surface area (Å²) < 4.78 is 0. The van der Waals surface area contributed by atoms with E-state index in [9.17, 15) is 4.79 Å². The summed E-state index contributed by atoms with van der Waals surface area (Å²) in [5.74, 6) is -0.503. The second-order valence-corrected chi connectivity index (χ2v) is 4.39. The molecule has 0 aliphatic rings. The highest BCUT2D eigenvalue weighted by Gasteiger charge is 2.06. The molecule has 0 aromatic heterocycles. The van der Waals surface area contributed by atoms with E-state index in [1.165, 1.54) is 0 Å². The first kappa shape index (κ1) is 14.4. The molecule has 4 nitrogen and oxygen atoms in total. The summed E-state index contributed by atoms with van der Waals surface area (Å²) >= 11 is 0. The topological polar surface area (TPSA) is 61.7 Å². The third-order valence-corrected chi connectivity index (χ3v) is 2.76. The molecule has 1 aromatic rings. The Morgan fingerprint density at radius 3 is 2.72 bits per heavy atom. The van der Waals surface area contributed by atoms with Gasteiger partial charge in [-0.2, -0.15) is 0 Å². The standard InChI is InChI=1S/C14H20N2O2/c1-4-5-6-11(3)15-13-8-7-12(9-10(13)2)14(17)16-18/h7-9,18H,4-6H2,1-3H3,(H,16,17). The molecule has 1 aromatic carbocycles. The van der Waals surface area contributed by atoms with Crippen molar-refractivity contribution >= 4 is 17.3 Å². The molecule has 0 spiro atoms. The molecule has 0 unspecified atom stereocenters. The number of unbranched alkanes of at least 4 members (excludes halogenated alkanes) is 1. The number of aryl methyl sites for hydroxylation is 1. The van der Waals surface area contributed by atoms with Crippen LogP contribution in [0.25, 0.3) is 0 Å². The highest BCUT2D eigenvalue weighted by atomic mass is 16.5. The molecule has 0 fully saturated rings. The molecule has 1 amide bonds. The lowest BCUT2D eigenvalue weighted by molar-refractivity contribution is 0.0706. The van der Waals surface area contributed by atoms with Crippen LogP contribution in [-0.2, 0) is 0 Å². The summed E-state index contributed by atoms with van der Waals surface area (Å²) in [5, 5.41) is 8.56. The van der Waals surface area contributed by atoms with Crippen LogP contribution in [0, 0.1) is 6.92 Å². The summed E-state index contributed by atoms with van der Waals surface area (Å²) in [5.41, 5.74) is 4.95. The van der Waals surface area contributed by atoms with Gasteiger partial charge in [0.05, 0.1) is 5.69 Å². The monoisotopic (exact) mass is 248 g/mol. The molecule has 0 aliphatic heterocycles. The predicted octanol–water partition coefficient (Wildman–Crippen LogP) is 3.40. The third kappa shape index (κ3) is 3.96. The molecule has 98 valence electrons. The quantitative estimate of drug-likeness (QED) is 0.476. The maximum Gasteiger partial charge on any atom is 0.274 e. The predicted molar refractivity (Wildman–Crippen MR) is 72.7 cm³/mol. The van der Waals surface area contributed by atoms with Crippen molar-refractivity contribution < 1.29 is 10.0 Å². The Bertz CT molecular complexity index is 453. The number of nitrogens with zero attached hydrogens (tertiary/aromatic N) is 1. The fourth-order valence-corrected chi connectivity index (χ4v) is 1.68. The Morgan fingerprint density at radius 2 is 2.17 bits per heavy atom. The van der Waals surface area contributed by atoms with Crippen LogP contribution in [-0.4, -0.2) is 16.8 Å². The van der Waals surface area contributed by atoms with Crippen molar-refractivity contribution in [3.05, 3.63) is 29.3 Å². The number of hydrogen-bond donors (Lipinski definition) is 2. The van der Waals surface area contributed by atoms with Crippen LogP contribution in [0.2, 0.25) is 0 Å². The van der Waals surface area contributed by atoms with E-state index in [0.29, 0.717) is 5.56 Å². The van der Waals surface area contributed by atoms with E-state index in [4.69, 9.17) is 5.21 Å². The average Bonchev–Trinajstić information content (AvgIpc) is 2.37. The number of benzene rings is 1. The van der Waals surface area contributed by atoms with Crippen LogP contribution in [0.3, 0.4) is 0 Å². The molecule has 0 radical (unpaired) electrons. The van der Waals surface area contributed by atoms with Gasteiger partial charge in [0.1, 0.15) is 0 Å². The molecular formula is C14H20N2O2. The van der Waals surface area contributed by atoms with Gasteiger partial charge in [-0.25, -0.2) is 5.48 Å². The van der Waals surface area contributed by atoms with Gasteiger partial charge < -0.3 is 0 Å². The van der Waals surface area contributed by atoms with Gasteiger partial charge >= 0.3 is 0 Å². The van der Waals surface area contributed by atoms with Gasteiger partial charge in [-0.05, 0) is 50.5 Å². The van der Waals surface area contributed by atoms with Crippen molar-refractivity contribution in [2.24, 2.45) is 4.99 Å². The Hall–Kier alpha value is -1.68. The maximum atomic E-state index is 11.2. The first-order chi connectivity index (χ1) is 8.58. The van der Waals surface area contributed by atoms with Crippen molar-refractivity contribution in [3.63, 3.8) is 0 Å². The van der Waals surface area contributed by atoms with Gasteiger partial charge in [0.25, 0.3) is 5.91 Å². The Labute approximate surface area is 108 Å². The smallest absolute Gasteiger partial charge is 0.274 e. The van der Waals surface area contributed by atoms with Gasteiger partial charge in [-0.3, -0.25) is 15.0 Å². The fourth-order valence-electron chi connectivity index (χ4n) is 1.68. The maximum absolute atomic E-state index is 11.2. The van der Waals surface area contributed by atoms with Crippen molar-refractivity contribution in [1.29, 1.82) is 0 Å². The number of carbonyl (C=O) groups excluding carboxylic acids is 1. The average molecular weight is 248 g/mol. The zero-order valence-electron chi connectivity index (χ0n) is 11.2. The number of amides is 1. The molecule has 0 heterocycles. The Kier molecular flexibility index (Phi) is 5.52. The summed E-state index contributed by atoms with van der Waals surface area (Å²) in [6.45, 7) is 6.07. The molecule has 0 saturated carbocycles. The highest BCUT2D eigenvalue weighted by molar-refractivity contribution is 5.94. The van der Waals surface area contributed by atoms with Crippen LogP contribution in [0.1, 0.15) is 49.0 Å². The molecule has 0 atom stereocenters. The molecule has 18 heavy (non-hydrogen) atoms. The molecule has 0 aliphatic carbocycles. The minimum Gasteiger partial charge on any atom is -0.288 e. The number of aliphatic imine (C=N–C) groups is 1. The number of hydroxylamine groups is 1. The lowest BCUT2D eigenvalue weighted by Crippen LogP contribution is -2.18. The summed E-state index contributed by atoms with van der Waals surface area (Å²) in [6, 6.07) is 5.18. The van der Waals surface area contributed by atoms with Crippen molar-refractivity contribution in [2.75, 3.05) is 0 Å². The second-order valence-electron chi connectivity index (χ2n) is 4.39. The number of hydrogen-bond acceptors (Lipinski definition) is 3. The van der Waals surface area contributed by atoms with Gasteiger partial charge in [0.2, 0.25) is 0 Å². The number of nitrogens with one attached hydrogen (secondary N) is 1. The first-order valence-electron chi connectivity index (χ1n) is 6.17. The van der Waals surface area contributed by atoms with Crippen molar-refractivity contribution in [1.82, 2.24) is 5.48 Å². The lowest BCUT2D eigenvalue weighted by atomic mass is 10.1. The van der Waals surface area contributed by atoms with E-state index >= 15 is 0 Å². The minimum absolute atomic E-state index is 0.431. The van der Waals surface area contributed by atoms with E-state index in [1.54, 1.807) is 23.7 Å². The van der Waals surface area contributed by atoms with Crippen molar-refractivity contribution in [2.45, 2.75) is 40.0 Å². The Balaban J connectivity index is 2.89. The Morgan fingerprint density at radius 1 is 1.44 bits per heavy atom. The molecule has 0 bridgehead atoms. The number of carbonyl (C=O) groups is 1. The number of rotatable bonds is 5. The van der Waals surface area contributed by atoms with Crippen LogP contribution in [0.15, 0.2) is 23.2 Å². The molecule has 0 saturated heterocycles. The largest absolute Gasteiger partial charge is 0.288 e. The molecule has 4 heteroatoms. The second kappa shape index (κ2) is 6.91. The van der Waals surface area contributed by atoms with E-state index in [1.807, 2.05) is 13.8 Å². The van der Waals surface area contributed by atoms with E-state index in [0.717, 1.165) is 36.2 Å². The molecular weight excluding hydrogens is 228 g/mol. The van der Waals surface area contributed by atoms with Gasteiger partial charge in [-0.1, -0.05) is 13.3 Å². The summed E-state index contributed by atoms with van der Waals surface area (Å²) in [4.78, 5) is 15.8. The van der Waals surface area contributed by atoms with E-state index < -0.39 is 5.91 Å². The van der Waals surface area contributed by atoms with Gasteiger partial charge in [0, 0.05) is 11.3 Å². The third-order valence-electron chi connectivity index (χ3n) is 2.76.